The molecule has 0 radical (unpaired) electrons. The van der Waals surface area contributed by atoms with Crippen LogP contribution in [0, 0.1) is 0 Å². The third kappa shape index (κ3) is 3.38. The maximum atomic E-state index is 11.7. The minimum Gasteiger partial charge on any atom is -0.481 e. The van der Waals surface area contributed by atoms with Crippen LogP contribution in [0.3, 0.4) is 0 Å². The fourth-order valence-electron chi connectivity index (χ4n) is 1.31. The second-order valence-corrected chi connectivity index (χ2v) is 3.65. The van der Waals surface area contributed by atoms with Gasteiger partial charge in [0.2, 0.25) is 0 Å². The van der Waals surface area contributed by atoms with Gasteiger partial charge < -0.3 is 10.4 Å². The van der Waals surface area contributed by atoms with Crippen LogP contribution in [-0.2, 0) is 11.8 Å². The zero-order valence-electron chi connectivity index (χ0n) is 9.30. The van der Waals surface area contributed by atoms with E-state index in [1.807, 2.05) is 0 Å². The molecule has 0 aliphatic carbocycles. The van der Waals surface area contributed by atoms with Crippen LogP contribution in [0.15, 0.2) is 12.3 Å². The second kappa shape index (κ2) is 5.29. The highest BCUT2D eigenvalue weighted by atomic mass is 16.4. The molecule has 0 aromatic carbocycles. The Balaban J connectivity index is 2.46. The average molecular weight is 225 g/mol. The van der Waals surface area contributed by atoms with Crippen molar-refractivity contribution >= 4 is 11.9 Å². The topological polar surface area (TPSA) is 84.2 Å². The van der Waals surface area contributed by atoms with Gasteiger partial charge in [0.05, 0.1) is 0 Å². The predicted octanol–water partition coefficient (Wildman–Crippen LogP) is 0.403. The molecule has 0 saturated carbocycles. The van der Waals surface area contributed by atoms with Gasteiger partial charge in [-0.05, 0) is 19.4 Å². The van der Waals surface area contributed by atoms with E-state index < -0.39 is 5.97 Å². The SMILES string of the molecule is CC(CCC(=O)O)NC(=O)c1ccnn1C. The van der Waals surface area contributed by atoms with Gasteiger partial charge in [-0.25, -0.2) is 0 Å². The number of amides is 1. The number of hydrogen-bond acceptors (Lipinski definition) is 3. The largest absolute Gasteiger partial charge is 0.481 e. The first-order chi connectivity index (χ1) is 7.50. The first-order valence-corrected chi connectivity index (χ1v) is 5.01. The van der Waals surface area contributed by atoms with E-state index in [9.17, 15) is 9.59 Å². The number of carboxylic acid groups (broad SMARTS) is 1. The average Bonchev–Trinajstić information content (AvgIpc) is 2.61. The number of rotatable bonds is 5. The molecule has 1 unspecified atom stereocenters. The van der Waals surface area contributed by atoms with Crippen molar-refractivity contribution in [1.29, 1.82) is 0 Å². The highest BCUT2D eigenvalue weighted by Crippen LogP contribution is 2.00. The third-order valence-corrected chi connectivity index (χ3v) is 2.22. The molecule has 2 N–H and O–H groups in total. The first kappa shape index (κ1) is 12.2. The van der Waals surface area contributed by atoms with E-state index in [0.29, 0.717) is 12.1 Å². The Kier molecular flexibility index (Phi) is 4.04. The van der Waals surface area contributed by atoms with Crippen LogP contribution < -0.4 is 5.32 Å². The van der Waals surface area contributed by atoms with Crippen molar-refractivity contribution in [3.05, 3.63) is 18.0 Å². The lowest BCUT2D eigenvalue weighted by atomic mass is 10.2. The number of aromatic nitrogens is 2. The normalized spacial score (nSPS) is 12.1. The molecule has 1 amide bonds. The summed E-state index contributed by atoms with van der Waals surface area (Å²) in [6.07, 6.45) is 2.00. The smallest absolute Gasteiger partial charge is 0.303 e. The van der Waals surface area contributed by atoms with E-state index in [4.69, 9.17) is 5.11 Å². The summed E-state index contributed by atoms with van der Waals surface area (Å²) in [6.45, 7) is 1.78. The van der Waals surface area contributed by atoms with Crippen molar-refractivity contribution < 1.29 is 14.7 Å². The highest BCUT2D eigenvalue weighted by molar-refractivity contribution is 5.92. The van der Waals surface area contributed by atoms with Crippen LogP contribution in [-0.4, -0.2) is 32.8 Å². The quantitative estimate of drug-likeness (QED) is 0.759. The van der Waals surface area contributed by atoms with E-state index >= 15 is 0 Å². The molecule has 0 saturated heterocycles. The van der Waals surface area contributed by atoms with Crippen molar-refractivity contribution in [2.75, 3.05) is 0 Å². The van der Waals surface area contributed by atoms with E-state index in [-0.39, 0.29) is 18.4 Å². The van der Waals surface area contributed by atoms with Crippen LogP contribution in [0.5, 0.6) is 0 Å². The number of carbonyl (C=O) groups excluding carboxylic acids is 1. The van der Waals surface area contributed by atoms with Gasteiger partial charge in [-0.3, -0.25) is 14.3 Å². The van der Waals surface area contributed by atoms with E-state index in [0.717, 1.165) is 0 Å². The molecule has 6 heteroatoms. The van der Waals surface area contributed by atoms with Crippen LogP contribution in [0.1, 0.15) is 30.3 Å². The molecular formula is C10H15N3O3. The van der Waals surface area contributed by atoms with Crippen LogP contribution in [0.25, 0.3) is 0 Å². The number of carbonyl (C=O) groups is 2. The molecule has 6 nitrogen and oxygen atoms in total. The Labute approximate surface area is 93.3 Å². The number of aliphatic carboxylic acids is 1. The second-order valence-electron chi connectivity index (χ2n) is 3.65. The van der Waals surface area contributed by atoms with Crippen molar-refractivity contribution in [2.45, 2.75) is 25.8 Å². The Morgan fingerprint density at radius 2 is 2.31 bits per heavy atom. The number of hydrogen-bond donors (Lipinski definition) is 2. The molecule has 1 heterocycles. The monoisotopic (exact) mass is 225 g/mol. The fourth-order valence-corrected chi connectivity index (χ4v) is 1.31. The van der Waals surface area contributed by atoms with Crippen molar-refractivity contribution in [1.82, 2.24) is 15.1 Å². The molecule has 1 aromatic rings. The Hall–Kier alpha value is -1.85. The Bertz CT molecular complexity index is 386. The minimum absolute atomic E-state index is 0.0484. The van der Waals surface area contributed by atoms with Crippen LogP contribution in [0.4, 0.5) is 0 Å². The molecule has 16 heavy (non-hydrogen) atoms. The van der Waals surface area contributed by atoms with E-state index in [1.165, 1.54) is 10.9 Å². The summed E-state index contributed by atoms with van der Waals surface area (Å²) in [5.41, 5.74) is 0.460. The fraction of sp³-hybridized carbons (Fsp3) is 0.500. The van der Waals surface area contributed by atoms with Gasteiger partial charge >= 0.3 is 5.97 Å². The predicted molar refractivity (Wildman–Crippen MR) is 57.0 cm³/mol. The van der Waals surface area contributed by atoms with Gasteiger partial charge in [0.15, 0.2) is 0 Å². The van der Waals surface area contributed by atoms with E-state index in [2.05, 4.69) is 10.4 Å². The molecule has 1 atom stereocenters. The molecule has 1 rings (SSSR count). The molecular weight excluding hydrogens is 210 g/mol. The molecule has 88 valence electrons. The zero-order valence-corrected chi connectivity index (χ0v) is 9.30. The number of aryl methyl sites for hydroxylation is 1. The number of nitrogens with zero attached hydrogens (tertiary/aromatic N) is 2. The molecule has 0 spiro atoms. The van der Waals surface area contributed by atoms with Gasteiger partial charge in [-0.2, -0.15) is 5.10 Å². The highest BCUT2D eigenvalue weighted by Gasteiger charge is 2.13. The van der Waals surface area contributed by atoms with Gasteiger partial charge in [0.1, 0.15) is 5.69 Å². The Morgan fingerprint density at radius 3 is 2.81 bits per heavy atom. The maximum absolute atomic E-state index is 11.7. The molecule has 0 aliphatic rings. The van der Waals surface area contributed by atoms with Crippen molar-refractivity contribution in [2.24, 2.45) is 7.05 Å². The van der Waals surface area contributed by atoms with Gasteiger partial charge in [-0.15, -0.1) is 0 Å². The van der Waals surface area contributed by atoms with Crippen molar-refractivity contribution in [3.8, 4) is 0 Å². The lowest BCUT2D eigenvalue weighted by molar-refractivity contribution is -0.137. The molecule has 0 bridgehead atoms. The molecule has 1 aromatic heterocycles. The van der Waals surface area contributed by atoms with E-state index in [1.54, 1.807) is 20.0 Å². The summed E-state index contributed by atoms with van der Waals surface area (Å²) in [5, 5.41) is 15.1. The third-order valence-electron chi connectivity index (χ3n) is 2.22. The van der Waals surface area contributed by atoms with Gasteiger partial charge in [0.25, 0.3) is 5.91 Å². The minimum atomic E-state index is -0.860. The lowest BCUT2D eigenvalue weighted by Gasteiger charge is -2.12. The summed E-state index contributed by atoms with van der Waals surface area (Å²) in [7, 11) is 1.68. The molecule has 0 fully saturated rings. The lowest BCUT2D eigenvalue weighted by Crippen LogP contribution is -2.34. The van der Waals surface area contributed by atoms with Crippen molar-refractivity contribution in [3.63, 3.8) is 0 Å². The first-order valence-electron chi connectivity index (χ1n) is 5.01. The summed E-state index contributed by atoms with van der Waals surface area (Å²) in [6, 6.07) is 1.44. The van der Waals surface area contributed by atoms with Crippen LogP contribution in [0.2, 0.25) is 0 Å². The summed E-state index contributed by atoms with van der Waals surface area (Å²) >= 11 is 0. The molecule has 0 aliphatic heterocycles. The number of nitrogens with one attached hydrogen (secondary N) is 1. The van der Waals surface area contributed by atoms with Gasteiger partial charge in [0, 0.05) is 25.7 Å². The Morgan fingerprint density at radius 1 is 1.62 bits per heavy atom. The van der Waals surface area contributed by atoms with Gasteiger partial charge in [-0.1, -0.05) is 0 Å². The maximum Gasteiger partial charge on any atom is 0.303 e. The zero-order chi connectivity index (χ0) is 12.1. The summed E-state index contributed by atoms with van der Waals surface area (Å²) < 4.78 is 1.47. The number of carboxylic acids is 1. The summed E-state index contributed by atoms with van der Waals surface area (Å²) in [5.74, 6) is -1.10. The summed E-state index contributed by atoms with van der Waals surface area (Å²) in [4.78, 5) is 22.0. The van der Waals surface area contributed by atoms with Crippen LogP contribution >= 0.6 is 0 Å². The standard InChI is InChI=1S/C10H15N3O3/c1-7(3-4-9(14)15)12-10(16)8-5-6-11-13(8)2/h5-7H,3-4H2,1-2H3,(H,12,16)(H,14,15).